The third kappa shape index (κ3) is 3.29. The number of benzene rings is 1. The van der Waals surface area contributed by atoms with Gasteiger partial charge in [-0.3, -0.25) is 4.79 Å². The van der Waals surface area contributed by atoms with Crippen molar-refractivity contribution in [2.75, 3.05) is 5.32 Å². The minimum atomic E-state index is -0.499. The van der Waals surface area contributed by atoms with Crippen LogP contribution >= 0.6 is 25.3 Å². The summed E-state index contributed by atoms with van der Waals surface area (Å²) in [5.74, 6) is -0.499. The van der Waals surface area contributed by atoms with Gasteiger partial charge in [0.05, 0.1) is 4.24 Å². The quantitative estimate of drug-likeness (QED) is 0.437. The maximum Gasteiger partial charge on any atom is 0.268 e. The van der Waals surface area contributed by atoms with Crippen LogP contribution in [0.2, 0.25) is 0 Å². The molecule has 0 fully saturated rings. The minimum absolute atomic E-state index is 0.0995. The van der Waals surface area contributed by atoms with Crippen LogP contribution in [0.1, 0.15) is 11.1 Å². The number of nitrogens with zero attached hydrogens (tertiary/aromatic N) is 1. The van der Waals surface area contributed by atoms with Crippen LogP contribution in [0.5, 0.6) is 0 Å². The van der Waals surface area contributed by atoms with Crippen molar-refractivity contribution in [1.82, 2.24) is 0 Å². The third-order valence-corrected chi connectivity index (χ3v) is 2.86. The molecule has 0 atom stereocenters. The molecule has 0 saturated carbocycles. The Morgan fingerprint density at radius 1 is 1.35 bits per heavy atom. The average molecular weight is 264 g/mol. The molecule has 1 aromatic rings. The molecule has 1 aromatic carbocycles. The second kappa shape index (κ2) is 5.80. The number of aryl methyl sites for hydroxylation is 1. The molecule has 0 unspecified atom stereocenters. The van der Waals surface area contributed by atoms with Gasteiger partial charge in [0.25, 0.3) is 5.91 Å². The van der Waals surface area contributed by atoms with Gasteiger partial charge in [0.2, 0.25) is 0 Å². The highest BCUT2D eigenvalue weighted by molar-refractivity contribution is 8.05. The molecular formula is C12H12N2OS2. The largest absolute Gasteiger partial charge is 0.321 e. The second-order valence-corrected chi connectivity index (χ2v) is 4.76. The summed E-state index contributed by atoms with van der Waals surface area (Å²) in [6.07, 6.45) is 0. The molecule has 17 heavy (non-hydrogen) atoms. The Labute approximate surface area is 111 Å². The fraction of sp³-hybridized carbons (Fsp3) is 0.167. The molecule has 0 radical (unpaired) electrons. The maximum atomic E-state index is 11.8. The zero-order chi connectivity index (χ0) is 13.0. The van der Waals surface area contributed by atoms with Gasteiger partial charge in [-0.1, -0.05) is 12.1 Å². The first-order valence-electron chi connectivity index (χ1n) is 4.87. The van der Waals surface area contributed by atoms with Crippen molar-refractivity contribution in [2.24, 2.45) is 0 Å². The molecule has 0 bridgehead atoms. The van der Waals surface area contributed by atoms with Gasteiger partial charge in [-0.2, -0.15) is 5.26 Å². The van der Waals surface area contributed by atoms with Gasteiger partial charge < -0.3 is 5.32 Å². The zero-order valence-corrected chi connectivity index (χ0v) is 11.3. The zero-order valence-electron chi connectivity index (χ0n) is 9.48. The molecule has 0 aromatic heterocycles. The van der Waals surface area contributed by atoms with E-state index < -0.39 is 5.91 Å². The molecule has 0 aliphatic rings. The van der Waals surface area contributed by atoms with E-state index in [1.54, 1.807) is 12.1 Å². The smallest absolute Gasteiger partial charge is 0.268 e. The molecule has 1 N–H and O–H groups in total. The maximum absolute atomic E-state index is 11.8. The number of carbonyl (C=O) groups excluding carboxylic acids is 1. The van der Waals surface area contributed by atoms with Gasteiger partial charge in [0.15, 0.2) is 0 Å². The topological polar surface area (TPSA) is 52.9 Å². The van der Waals surface area contributed by atoms with E-state index in [1.165, 1.54) is 0 Å². The van der Waals surface area contributed by atoms with E-state index in [9.17, 15) is 4.79 Å². The van der Waals surface area contributed by atoms with Gasteiger partial charge in [-0.15, -0.1) is 25.3 Å². The monoisotopic (exact) mass is 264 g/mol. The molecule has 0 aliphatic carbocycles. The molecule has 0 heterocycles. The summed E-state index contributed by atoms with van der Waals surface area (Å²) in [5.41, 5.74) is 2.63. The van der Waals surface area contributed by atoms with Crippen LogP contribution in [0, 0.1) is 25.2 Å². The van der Waals surface area contributed by atoms with Crippen LogP contribution in [0.3, 0.4) is 0 Å². The number of thiol groups is 2. The van der Waals surface area contributed by atoms with E-state index in [1.807, 2.05) is 26.0 Å². The Morgan fingerprint density at radius 2 is 2.00 bits per heavy atom. The summed E-state index contributed by atoms with van der Waals surface area (Å²) in [5, 5.41) is 11.5. The number of nitriles is 1. The van der Waals surface area contributed by atoms with Crippen LogP contribution < -0.4 is 5.32 Å². The van der Waals surface area contributed by atoms with Crippen LogP contribution in [-0.4, -0.2) is 5.91 Å². The van der Waals surface area contributed by atoms with E-state index in [0.29, 0.717) is 5.69 Å². The van der Waals surface area contributed by atoms with Crippen LogP contribution in [0.15, 0.2) is 28.0 Å². The lowest BCUT2D eigenvalue weighted by molar-refractivity contribution is -0.112. The molecule has 0 spiro atoms. The Morgan fingerprint density at radius 3 is 2.53 bits per heavy atom. The Kier molecular flexibility index (Phi) is 4.67. The normalized spacial score (nSPS) is 9.35. The molecule has 1 amide bonds. The first-order valence-corrected chi connectivity index (χ1v) is 5.76. The van der Waals surface area contributed by atoms with Crippen LogP contribution in [0.4, 0.5) is 5.69 Å². The van der Waals surface area contributed by atoms with Gasteiger partial charge in [0, 0.05) is 5.69 Å². The first kappa shape index (κ1) is 13.7. The second-order valence-electron chi connectivity index (χ2n) is 3.51. The van der Waals surface area contributed by atoms with Crippen LogP contribution in [0.25, 0.3) is 0 Å². The van der Waals surface area contributed by atoms with Crippen molar-refractivity contribution >= 4 is 36.9 Å². The molecule has 1 rings (SSSR count). The Bertz CT molecular complexity index is 526. The molecule has 3 nitrogen and oxygen atoms in total. The van der Waals surface area contributed by atoms with E-state index in [-0.39, 0.29) is 9.81 Å². The Balaban J connectivity index is 3.01. The number of amides is 1. The average Bonchev–Trinajstić information content (AvgIpc) is 2.25. The van der Waals surface area contributed by atoms with E-state index in [0.717, 1.165) is 11.1 Å². The van der Waals surface area contributed by atoms with Crippen molar-refractivity contribution < 1.29 is 4.79 Å². The lowest BCUT2D eigenvalue weighted by Gasteiger charge is -2.09. The number of carbonyl (C=O) groups is 1. The highest BCUT2D eigenvalue weighted by Gasteiger charge is 2.13. The summed E-state index contributed by atoms with van der Waals surface area (Å²) in [6, 6.07) is 7.35. The third-order valence-electron chi connectivity index (χ3n) is 2.42. The van der Waals surface area contributed by atoms with Crippen molar-refractivity contribution in [3.63, 3.8) is 0 Å². The highest BCUT2D eigenvalue weighted by atomic mass is 32.2. The molecule has 0 saturated heterocycles. The highest BCUT2D eigenvalue weighted by Crippen LogP contribution is 2.20. The number of hydrogen-bond donors (Lipinski definition) is 3. The fourth-order valence-electron chi connectivity index (χ4n) is 1.27. The van der Waals surface area contributed by atoms with Crippen molar-refractivity contribution in [3.05, 3.63) is 39.1 Å². The van der Waals surface area contributed by atoms with Crippen molar-refractivity contribution in [3.8, 4) is 6.07 Å². The van der Waals surface area contributed by atoms with Crippen molar-refractivity contribution in [1.29, 1.82) is 5.26 Å². The van der Waals surface area contributed by atoms with E-state index >= 15 is 0 Å². The first-order chi connectivity index (χ1) is 7.97. The molecule has 88 valence electrons. The number of hydrogen-bond acceptors (Lipinski definition) is 4. The predicted octanol–water partition coefficient (Wildman–Crippen LogP) is 2.84. The van der Waals surface area contributed by atoms with Crippen LogP contribution in [-0.2, 0) is 4.79 Å². The predicted molar refractivity (Wildman–Crippen MR) is 75.2 cm³/mol. The summed E-state index contributed by atoms with van der Waals surface area (Å²) in [4.78, 5) is 11.8. The lowest BCUT2D eigenvalue weighted by Crippen LogP contribution is -2.15. The lowest BCUT2D eigenvalue weighted by atomic mass is 10.1. The number of anilines is 1. The van der Waals surface area contributed by atoms with Gasteiger partial charge in [-0.25, -0.2) is 0 Å². The van der Waals surface area contributed by atoms with Gasteiger partial charge in [0.1, 0.15) is 11.6 Å². The van der Waals surface area contributed by atoms with E-state index in [4.69, 9.17) is 5.26 Å². The number of nitrogens with one attached hydrogen (secondary N) is 1. The van der Waals surface area contributed by atoms with Gasteiger partial charge in [-0.05, 0) is 31.0 Å². The SMILES string of the molecule is Cc1cccc(NC(=O)C(C#N)=C(S)S)c1C. The molecule has 5 heteroatoms. The summed E-state index contributed by atoms with van der Waals surface area (Å²) in [6.45, 7) is 3.86. The van der Waals surface area contributed by atoms with Gasteiger partial charge >= 0.3 is 0 Å². The summed E-state index contributed by atoms with van der Waals surface area (Å²) < 4.78 is 0.107. The molecule has 0 aliphatic heterocycles. The molecular weight excluding hydrogens is 252 g/mol. The Hall–Kier alpha value is -1.38. The number of rotatable bonds is 2. The summed E-state index contributed by atoms with van der Waals surface area (Å²) in [7, 11) is 0. The fourth-order valence-corrected chi connectivity index (χ4v) is 1.58. The van der Waals surface area contributed by atoms with E-state index in [2.05, 4.69) is 30.6 Å². The minimum Gasteiger partial charge on any atom is -0.321 e. The summed E-state index contributed by atoms with van der Waals surface area (Å²) >= 11 is 7.77. The van der Waals surface area contributed by atoms with Crippen molar-refractivity contribution in [2.45, 2.75) is 13.8 Å². The standard InChI is InChI=1S/C12H12N2OS2/c1-7-4-3-5-10(8(7)2)14-11(15)9(6-13)12(16)17/h3-5,16-17H,1-2H3,(H,14,15).